The van der Waals surface area contributed by atoms with Crippen molar-refractivity contribution < 1.29 is 8.42 Å². The van der Waals surface area contributed by atoms with Gasteiger partial charge in [0.25, 0.3) is 0 Å². The van der Waals surface area contributed by atoms with Crippen LogP contribution in [0.15, 0.2) is 47.4 Å². The first kappa shape index (κ1) is 13.1. The van der Waals surface area contributed by atoms with Gasteiger partial charge in [-0.1, -0.05) is 30.3 Å². The van der Waals surface area contributed by atoms with Crippen LogP contribution >= 0.6 is 11.7 Å². The second kappa shape index (κ2) is 4.89. The van der Waals surface area contributed by atoms with Gasteiger partial charge < -0.3 is 0 Å². The zero-order valence-corrected chi connectivity index (χ0v) is 8.92. The summed E-state index contributed by atoms with van der Waals surface area (Å²) in [7, 11) is -3.40. The molecule has 0 saturated heterocycles. The van der Waals surface area contributed by atoms with Crippen molar-refractivity contribution in [1.29, 1.82) is 0 Å². The SMILES string of the molecule is O=S(=O)(S)c1ccc2ccccc2c1.[NaH]. The Bertz CT molecular complexity index is 579. The Morgan fingerprint density at radius 3 is 2.13 bits per heavy atom. The molecule has 0 aliphatic rings. The van der Waals surface area contributed by atoms with Crippen molar-refractivity contribution in [2.75, 3.05) is 0 Å². The van der Waals surface area contributed by atoms with E-state index in [-0.39, 0.29) is 34.5 Å². The zero-order valence-electron chi connectivity index (χ0n) is 7.21. The standard InChI is InChI=1S/C10H8O2S2.Na.H/c11-14(12,13)10-6-5-8-3-1-2-4-9(8)7-10;;/h1-7H,(H,11,12,13);;. The van der Waals surface area contributed by atoms with Crippen LogP contribution in [0.1, 0.15) is 0 Å². The first-order chi connectivity index (χ1) is 6.57. The fraction of sp³-hybridized carbons (Fsp3) is 0. The Labute approximate surface area is 116 Å². The number of rotatable bonds is 1. The molecule has 2 nitrogen and oxygen atoms in total. The van der Waals surface area contributed by atoms with Crippen LogP contribution in [0.3, 0.4) is 0 Å². The van der Waals surface area contributed by atoms with Crippen LogP contribution in [0.4, 0.5) is 0 Å². The molecule has 0 aromatic heterocycles. The van der Waals surface area contributed by atoms with Crippen LogP contribution in [0.2, 0.25) is 0 Å². The number of benzene rings is 2. The molecule has 0 radical (unpaired) electrons. The van der Waals surface area contributed by atoms with E-state index in [0.29, 0.717) is 0 Å². The zero-order chi connectivity index (χ0) is 10.2. The average molecular weight is 248 g/mol. The van der Waals surface area contributed by atoms with Gasteiger partial charge in [0.2, 0.25) is 8.87 Å². The molecule has 5 heteroatoms. The van der Waals surface area contributed by atoms with Crippen LogP contribution in [0.25, 0.3) is 10.8 Å². The predicted molar refractivity (Wildman–Crippen MR) is 67.3 cm³/mol. The van der Waals surface area contributed by atoms with Gasteiger partial charge >= 0.3 is 29.6 Å². The van der Waals surface area contributed by atoms with Crippen molar-refractivity contribution in [2.24, 2.45) is 0 Å². The normalized spacial score (nSPS) is 11.0. The van der Waals surface area contributed by atoms with Crippen molar-refractivity contribution in [3.8, 4) is 0 Å². The van der Waals surface area contributed by atoms with E-state index in [0.717, 1.165) is 10.8 Å². The van der Waals surface area contributed by atoms with E-state index in [1.54, 1.807) is 18.2 Å². The molecule has 0 saturated carbocycles. The fourth-order valence-corrected chi connectivity index (χ4v) is 2.18. The van der Waals surface area contributed by atoms with E-state index in [4.69, 9.17) is 0 Å². The Morgan fingerprint density at radius 2 is 1.53 bits per heavy atom. The third-order valence-corrected chi connectivity index (χ3v) is 3.50. The molecule has 15 heavy (non-hydrogen) atoms. The fourth-order valence-electron chi connectivity index (χ4n) is 1.33. The van der Waals surface area contributed by atoms with E-state index >= 15 is 0 Å². The number of thiol groups is 1. The third-order valence-electron chi connectivity index (χ3n) is 2.02. The van der Waals surface area contributed by atoms with E-state index < -0.39 is 8.87 Å². The molecule has 74 valence electrons. The number of hydrogen-bond donors (Lipinski definition) is 1. The van der Waals surface area contributed by atoms with Gasteiger partial charge in [0, 0.05) is 0 Å². The molecule has 0 unspecified atom stereocenters. The predicted octanol–water partition coefficient (Wildman–Crippen LogP) is 1.81. The van der Waals surface area contributed by atoms with Gasteiger partial charge in [-0.25, -0.2) is 8.42 Å². The van der Waals surface area contributed by atoms with Crippen molar-refractivity contribution in [2.45, 2.75) is 4.90 Å². The van der Waals surface area contributed by atoms with Gasteiger partial charge in [-0.3, -0.25) is 0 Å². The summed E-state index contributed by atoms with van der Waals surface area (Å²) >= 11 is 3.54. The summed E-state index contributed by atoms with van der Waals surface area (Å²) in [5.74, 6) is 0. The number of fused-ring (bicyclic) bond motifs is 1. The molecule has 2 aromatic carbocycles. The maximum absolute atomic E-state index is 11.1. The minimum absolute atomic E-state index is 0. The average Bonchev–Trinajstić information content (AvgIpc) is 2.16. The molecule has 0 fully saturated rings. The Kier molecular flexibility index (Phi) is 4.26. The quantitative estimate of drug-likeness (QED) is 0.474. The van der Waals surface area contributed by atoms with Gasteiger partial charge in [0.05, 0.1) is 4.90 Å². The van der Waals surface area contributed by atoms with Gasteiger partial charge in [-0.2, -0.15) is 0 Å². The van der Waals surface area contributed by atoms with Crippen molar-refractivity contribution in [3.63, 3.8) is 0 Å². The van der Waals surface area contributed by atoms with Crippen LogP contribution in [-0.4, -0.2) is 38.0 Å². The Hall–Kier alpha value is 0. The molecule has 0 heterocycles. The number of hydrogen-bond acceptors (Lipinski definition) is 2. The van der Waals surface area contributed by atoms with Crippen molar-refractivity contribution in [1.82, 2.24) is 0 Å². The second-order valence-electron chi connectivity index (χ2n) is 2.98. The molecule has 2 aromatic rings. The summed E-state index contributed by atoms with van der Waals surface area (Å²) in [5, 5.41) is 1.93. The molecular weight excluding hydrogens is 239 g/mol. The Morgan fingerprint density at radius 1 is 0.933 bits per heavy atom. The Balaban J connectivity index is 0.00000112. The van der Waals surface area contributed by atoms with Gasteiger partial charge in [0.15, 0.2) is 0 Å². The van der Waals surface area contributed by atoms with Crippen LogP contribution in [0.5, 0.6) is 0 Å². The summed E-state index contributed by atoms with van der Waals surface area (Å²) in [6, 6.07) is 12.6. The van der Waals surface area contributed by atoms with Crippen LogP contribution in [-0.2, 0) is 8.87 Å². The first-order valence-corrected chi connectivity index (χ1v) is 6.57. The van der Waals surface area contributed by atoms with Gasteiger partial charge in [-0.15, -0.1) is 0 Å². The van der Waals surface area contributed by atoms with E-state index in [9.17, 15) is 8.42 Å². The monoisotopic (exact) mass is 248 g/mol. The molecule has 0 aliphatic heterocycles. The molecule has 0 bridgehead atoms. The summed E-state index contributed by atoms with van der Waals surface area (Å²) in [6.07, 6.45) is 0. The van der Waals surface area contributed by atoms with Gasteiger partial charge in [-0.05, 0) is 34.6 Å². The molecule has 0 aliphatic carbocycles. The molecule has 0 N–H and O–H groups in total. The van der Waals surface area contributed by atoms with E-state index in [2.05, 4.69) is 11.7 Å². The van der Waals surface area contributed by atoms with Crippen LogP contribution in [0, 0.1) is 0 Å². The van der Waals surface area contributed by atoms with E-state index in [1.165, 1.54) is 0 Å². The first-order valence-electron chi connectivity index (χ1n) is 4.04. The summed E-state index contributed by atoms with van der Waals surface area (Å²) < 4.78 is 22.3. The molecule has 0 atom stereocenters. The molecule has 0 amide bonds. The van der Waals surface area contributed by atoms with E-state index in [1.807, 2.05) is 24.3 Å². The third kappa shape index (κ3) is 2.98. The summed E-state index contributed by atoms with van der Waals surface area (Å²) in [5.41, 5.74) is 0. The van der Waals surface area contributed by atoms with Gasteiger partial charge in [0.1, 0.15) is 0 Å². The minimum atomic E-state index is -3.40. The molecular formula is C10H9NaO2S2. The van der Waals surface area contributed by atoms with Crippen molar-refractivity contribution in [3.05, 3.63) is 42.5 Å². The topological polar surface area (TPSA) is 34.1 Å². The molecule has 2 rings (SSSR count). The van der Waals surface area contributed by atoms with Crippen LogP contribution < -0.4 is 0 Å². The summed E-state index contributed by atoms with van der Waals surface area (Å²) in [4.78, 5) is 0.236. The van der Waals surface area contributed by atoms with Crippen molar-refractivity contribution >= 4 is 60.9 Å². The molecule has 0 spiro atoms. The summed E-state index contributed by atoms with van der Waals surface area (Å²) in [6.45, 7) is 0. The maximum atomic E-state index is 11.1. The second-order valence-corrected chi connectivity index (χ2v) is 5.85.